The van der Waals surface area contributed by atoms with Crippen LogP contribution in [0.25, 0.3) is 11.2 Å². The molecule has 20 heavy (non-hydrogen) atoms. The summed E-state index contributed by atoms with van der Waals surface area (Å²) in [6.45, 7) is 2.11. The highest BCUT2D eigenvalue weighted by molar-refractivity contribution is 7.98. The fourth-order valence-corrected chi connectivity index (χ4v) is 2.88. The quantitative estimate of drug-likeness (QED) is 0.930. The second kappa shape index (κ2) is 5.83. The number of nitrogens with zero attached hydrogens (tertiary/aromatic N) is 3. The van der Waals surface area contributed by atoms with Crippen molar-refractivity contribution in [1.82, 2.24) is 15.0 Å². The van der Waals surface area contributed by atoms with Gasteiger partial charge in [-0.15, -0.1) is 0 Å². The number of fused-ring (bicyclic) bond motifs is 1. The van der Waals surface area contributed by atoms with Crippen LogP contribution in [0, 0.1) is 0 Å². The maximum atomic E-state index is 11.9. The van der Waals surface area contributed by atoms with Gasteiger partial charge in [-0.3, -0.25) is 4.79 Å². The lowest BCUT2D eigenvalue weighted by molar-refractivity contribution is 0.933. The molecule has 106 valence electrons. The van der Waals surface area contributed by atoms with E-state index in [9.17, 15) is 4.79 Å². The van der Waals surface area contributed by atoms with Crippen molar-refractivity contribution in [2.45, 2.75) is 19.3 Å². The molecular formula is C14H18N4OS. The Morgan fingerprint density at radius 2 is 2.10 bits per heavy atom. The Hall–Kier alpha value is -1.56. The van der Waals surface area contributed by atoms with Gasteiger partial charge in [-0.25, -0.2) is 9.97 Å². The van der Waals surface area contributed by atoms with E-state index in [1.54, 1.807) is 11.8 Å². The normalized spacial score (nSPS) is 15.2. The molecule has 1 aliphatic heterocycles. The summed E-state index contributed by atoms with van der Waals surface area (Å²) >= 11 is 1.71. The van der Waals surface area contributed by atoms with Gasteiger partial charge in [0.1, 0.15) is 11.5 Å². The fraction of sp³-hybridized carbons (Fsp3) is 0.500. The molecule has 0 atom stereocenters. The Balaban J connectivity index is 1.98. The number of aryl methyl sites for hydroxylation is 1. The molecule has 6 heteroatoms. The molecule has 1 N–H and O–H groups in total. The van der Waals surface area contributed by atoms with Gasteiger partial charge in [0.15, 0.2) is 5.65 Å². The maximum Gasteiger partial charge on any atom is 0.270 e. The van der Waals surface area contributed by atoms with Gasteiger partial charge in [0, 0.05) is 19.5 Å². The van der Waals surface area contributed by atoms with E-state index >= 15 is 0 Å². The van der Waals surface area contributed by atoms with Gasteiger partial charge in [0.05, 0.1) is 5.52 Å². The van der Waals surface area contributed by atoms with Crippen molar-refractivity contribution in [3.05, 3.63) is 28.2 Å². The second-order valence-corrected chi connectivity index (χ2v) is 5.98. The Kier molecular flexibility index (Phi) is 3.91. The lowest BCUT2D eigenvalue weighted by Gasteiger charge is -2.16. The monoisotopic (exact) mass is 290 g/mol. The van der Waals surface area contributed by atoms with Gasteiger partial charge >= 0.3 is 0 Å². The van der Waals surface area contributed by atoms with E-state index in [1.807, 2.05) is 18.4 Å². The van der Waals surface area contributed by atoms with Crippen LogP contribution in [-0.4, -0.2) is 40.1 Å². The molecule has 0 aliphatic carbocycles. The summed E-state index contributed by atoms with van der Waals surface area (Å²) in [5.41, 5.74) is 1.84. The van der Waals surface area contributed by atoms with Crippen LogP contribution < -0.4 is 10.5 Å². The maximum absolute atomic E-state index is 11.9. The van der Waals surface area contributed by atoms with Crippen LogP contribution in [0.2, 0.25) is 0 Å². The van der Waals surface area contributed by atoms with E-state index < -0.39 is 0 Å². The van der Waals surface area contributed by atoms with Crippen molar-refractivity contribution in [1.29, 1.82) is 0 Å². The molecule has 1 aliphatic rings. The summed E-state index contributed by atoms with van der Waals surface area (Å²) in [6.07, 6.45) is 5.15. The third-order valence-electron chi connectivity index (χ3n) is 3.58. The van der Waals surface area contributed by atoms with Crippen LogP contribution in [0.3, 0.4) is 0 Å². The molecule has 0 unspecified atom stereocenters. The van der Waals surface area contributed by atoms with E-state index in [1.165, 1.54) is 12.8 Å². The number of aromatic nitrogens is 3. The molecule has 0 radical (unpaired) electrons. The molecule has 3 rings (SSSR count). The molecule has 0 aromatic carbocycles. The van der Waals surface area contributed by atoms with E-state index in [4.69, 9.17) is 0 Å². The topological polar surface area (TPSA) is 61.9 Å². The molecule has 0 bridgehead atoms. The van der Waals surface area contributed by atoms with E-state index in [-0.39, 0.29) is 5.56 Å². The van der Waals surface area contributed by atoms with Crippen LogP contribution in [0.4, 0.5) is 5.82 Å². The molecular weight excluding hydrogens is 272 g/mol. The van der Waals surface area contributed by atoms with Crippen molar-refractivity contribution >= 4 is 28.7 Å². The van der Waals surface area contributed by atoms with Gasteiger partial charge in [-0.05, 0) is 37.0 Å². The molecule has 3 heterocycles. The first kappa shape index (κ1) is 13.4. The second-order valence-electron chi connectivity index (χ2n) is 4.99. The molecule has 0 saturated carbocycles. The predicted molar refractivity (Wildman–Crippen MR) is 83.7 cm³/mol. The third-order valence-corrected chi connectivity index (χ3v) is 4.20. The summed E-state index contributed by atoms with van der Waals surface area (Å²) in [5.74, 6) is 1.86. The lowest BCUT2D eigenvalue weighted by Crippen LogP contribution is -2.20. The molecule has 2 aromatic rings. The molecule has 1 fully saturated rings. The summed E-state index contributed by atoms with van der Waals surface area (Å²) in [5, 5.41) is 0. The number of pyridine rings is 1. The molecule has 0 amide bonds. The summed E-state index contributed by atoms with van der Waals surface area (Å²) in [6, 6.07) is 3.87. The SMILES string of the molecule is CSCCc1nc2nc(N3CCCC3)ccc2[nH]c1=O. The number of rotatable bonds is 4. The first-order chi connectivity index (χ1) is 9.78. The van der Waals surface area contributed by atoms with Gasteiger partial charge in [0.2, 0.25) is 0 Å². The zero-order valence-electron chi connectivity index (χ0n) is 11.6. The van der Waals surface area contributed by atoms with E-state index in [0.29, 0.717) is 23.3 Å². The number of thioether (sulfide) groups is 1. The van der Waals surface area contributed by atoms with Crippen molar-refractivity contribution in [3.8, 4) is 0 Å². The van der Waals surface area contributed by atoms with Gasteiger partial charge in [-0.1, -0.05) is 0 Å². The summed E-state index contributed by atoms with van der Waals surface area (Å²) in [4.78, 5) is 26.1. The van der Waals surface area contributed by atoms with E-state index in [0.717, 1.165) is 24.7 Å². The number of H-pyrrole nitrogens is 1. The van der Waals surface area contributed by atoms with Gasteiger partial charge in [-0.2, -0.15) is 11.8 Å². The summed E-state index contributed by atoms with van der Waals surface area (Å²) < 4.78 is 0. The number of nitrogens with one attached hydrogen (secondary N) is 1. The standard InChI is InChI=1S/C14H18N4OS/c1-20-9-6-11-14(19)16-10-4-5-12(17-13(10)15-11)18-7-2-3-8-18/h4-5H,2-3,6-9H2,1H3,(H,16,19). The highest BCUT2D eigenvalue weighted by Gasteiger charge is 2.14. The van der Waals surface area contributed by atoms with Crippen LogP contribution in [0.5, 0.6) is 0 Å². The first-order valence-electron chi connectivity index (χ1n) is 6.92. The van der Waals surface area contributed by atoms with Crippen LogP contribution in [0.15, 0.2) is 16.9 Å². The predicted octanol–water partition coefficient (Wildman–Crippen LogP) is 1.82. The molecule has 2 aromatic heterocycles. The largest absolute Gasteiger partial charge is 0.357 e. The Morgan fingerprint density at radius 1 is 1.30 bits per heavy atom. The highest BCUT2D eigenvalue weighted by Crippen LogP contribution is 2.19. The lowest BCUT2D eigenvalue weighted by atomic mass is 10.3. The highest BCUT2D eigenvalue weighted by atomic mass is 32.2. The molecule has 0 spiro atoms. The van der Waals surface area contributed by atoms with Crippen LogP contribution in [-0.2, 0) is 6.42 Å². The van der Waals surface area contributed by atoms with Crippen molar-refractivity contribution < 1.29 is 0 Å². The Labute approximate surface area is 121 Å². The van der Waals surface area contributed by atoms with E-state index in [2.05, 4.69) is 19.9 Å². The number of anilines is 1. The van der Waals surface area contributed by atoms with Crippen molar-refractivity contribution in [2.24, 2.45) is 0 Å². The number of aromatic amines is 1. The van der Waals surface area contributed by atoms with Crippen LogP contribution >= 0.6 is 11.8 Å². The summed E-state index contributed by atoms with van der Waals surface area (Å²) in [7, 11) is 0. The molecule has 5 nitrogen and oxygen atoms in total. The van der Waals surface area contributed by atoms with Crippen LogP contribution in [0.1, 0.15) is 18.5 Å². The average molecular weight is 290 g/mol. The minimum atomic E-state index is -0.0951. The minimum absolute atomic E-state index is 0.0951. The number of hydrogen-bond donors (Lipinski definition) is 1. The zero-order chi connectivity index (χ0) is 13.9. The minimum Gasteiger partial charge on any atom is -0.357 e. The molecule has 1 saturated heterocycles. The number of hydrogen-bond acceptors (Lipinski definition) is 5. The third kappa shape index (κ3) is 2.65. The smallest absolute Gasteiger partial charge is 0.270 e. The zero-order valence-corrected chi connectivity index (χ0v) is 12.4. The fourth-order valence-electron chi connectivity index (χ4n) is 2.48. The Morgan fingerprint density at radius 3 is 2.85 bits per heavy atom. The first-order valence-corrected chi connectivity index (χ1v) is 8.31. The average Bonchev–Trinajstić information content (AvgIpc) is 2.99. The van der Waals surface area contributed by atoms with Crippen molar-refractivity contribution in [2.75, 3.05) is 30.0 Å². The van der Waals surface area contributed by atoms with Gasteiger partial charge in [0.25, 0.3) is 5.56 Å². The van der Waals surface area contributed by atoms with Crippen molar-refractivity contribution in [3.63, 3.8) is 0 Å². The Bertz CT molecular complexity index is 664. The van der Waals surface area contributed by atoms with Gasteiger partial charge < -0.3 is 9.88 Å².